The van der Waals surface area contributed by atoms with Gasteiger partial charge in [-0.15, -0.1) is 0 Å². The van der Waals surface area contributed by atoms with Gasteiger partial charge in [-0.25, -0.2) is 14.5 Å². The zero-order valence-electron chi connectivity index (χ0n) is 11.1. The maximum absolute atomic E-state index is 12.7. The van der Waals surface area contributed by atoms with Gasteiger partial charge in [0.2, 0.25) is 0 Å². The summed E-state index contributed by atoms with van der Waals surface area (Å²) in [7, 11) is 0. The molecular formula is C15H12ClN3O. The summed E-state index contributed by atoms with van der Waals surface area (Å²) in [6.07, 6.45) is 1.66. The molecule has 4 nitrogen and oxygen atoms in total. The molecule has 0 aliphatic heterocycles. The number of hydrogen-bond acceptors (Lipinski definition) is 3. The van der Waals surface area contributed by atoms with Crippen molar-refractivity contribution in [1.29, 1.82) is 0 Å². The Morgan fingerprint density at radius 3 is 2.75 bits per heavy atom. The smallest absolute Gasteiger partial charge is 0.267 e. The van der Waals surface area contributed by atoms with Gasteiger partial charge in [0.1, 0.15) is 11.6 Å². The van der Waals surface area contributed by atoms with Crippen LogP contribution in [0.15, 0.2) is 41.3 Å². The van der Waals surface area contributed by atoms with Crippen molar-refractivity contribution < 1.29 is 0 Å². The molecule has 0 atom stereocenters. The molecule has 100 valence electrons. The highest BCUT2D eigenvalue weighted by Gasteiger charge is 2.12. The zero-order chi connectivity index (χ0) is 14.3. The molecule has 20 heavy (non-hydrogen) atoms. The number of benzene rings is 1. The Bertz CT molecular complexity index is 871. The fourth-order valence-electron chi connectivity index (χ4n) is 2.23. The van der Waals surface area contributed by atoms with Crippen LogP contribution in [0.2, 0.25) is 5.02 Å². The molecule has 0 saturated heterocycles. The Hall–Kier alpha value is -2.20. The first-order valence-electron chi connectivity index (χ1n) is 6.19. The van der Waals surface area contributed by atoms with Gasteiger partial charge in [-0.2, -0.15) is 0 Å². The number of hydrogen-bond donors (Lipinski definition) is 0. The predicted octanol–water partition coefficient (Wildman–Crippen LogP) is 3.05. The molecule has 2 heterocycles. The molecule has 2 aromatic heterocycles. The standard InChI is InChI=1S/C15H12ClN3O/c1-9-4-3-7-17-14(9)19-10(2)18-13-6-5-11(16)8-12(13)15(19)20/h3-8H,1-2H3. The minimum Gasteiger partial charge on any atom is -0.268 e. The summed E-state index contributed by atoms with van der Waals surface area (Å²) in [6, 6.07) is 8.87. The van der Waals surface area contributed by atoms with Crippen LogP contribution < -0.4 is 5.56 Å². The SMILES string of the molecule is Cc1cccnc1-n1c(C)nc2ccc(Cl)cc2c1=O. The second-order valence-electron chi connectivity index (χ2n) is 4.60. The number of rotatable bonds is 1. The van der Waals surface area contributed by atoms with E-state index in [4.69, 9.17) is 11.6 Å². The monoisotopic (exact) mass is 285 g/mol. The average molecular weight is 286 g/mol. The summed E-state index contributed by atoms with van der Waals surface area (Å²) in [5, 5.41) is 1.01. The fourth-order valence-corrected chi connectivity index (χ4v) is 2.40. The minimum absolute atomic E-state index is 0.156. The van der Waals surface area contributed by atoms with Crippen LogP contribution in [0.5, 0.6) is 0 Å². The molecule has 0 aliphatic carbocycles. The van der Waals surface area contributed by atoms with Gasteiger partial charge in [0.15, 0.2) is 0 Å². The van der Waals surface area contributed by atoms with Crippen LogP contribution in [-0.2, 0) is 0 Å². The van der Waals surface area contributed by atoms with Gasteiger partial charge in [-0.3, -0.25) is 4.79 Å². The molecule has 0 N–H and O–H groups in total. The minimum atomic E-state index is -0.156. The first kappa shape index (κ1) is 12.8. The predicted molar refractivity (Wildman–Crippen MR) is 79.6 cm³/mol. The molecule has 5 heteroatoms. The second-order valence-corrected chi connectivity index (χ2v) is 5.04. The third kappa shape index (κ3) is 1.98. The van der Waals surface area contributed by atoms with Gasteiger partial charge in [-0.05, 0) is 43.7 Å². The molecule has 0 bridgehead atoms. The van der Waals surface area contributed by atoms with Crippen LogP contribution in [0, 0.1) is 13.8 Å². The molecule has 3 aromatic rings. The Morgan fingerprint density at radius 1 is 1.20 bits per heavy atom. The Morgan fingerprint density at radius 2 is 2.00 bits per heavy atom. The average Bonchev–Trinajstić information content (AvgIpc) is 2.42. The van der Waals surface area contributed by atoms with Crippen LogP contribution in [0.25, 0.3) is 16.7 Å². The van der Waals surface area contributed by atoms with Crippen molar-refractivity contribution in [3.05, 3.63) is 63.3 Å². The van der Waals surface area contributed by atoms with Gasteiger partial charge in [0, 0.05) is 11.2 Å². The van der Waals surface area contributed by atoms with Crippen LogP contribution in [0.1, 0.15) is 11.4 Å². The lowest BCUT2D eigenvalue weighted by molar-refractivity contribution is 0.855. The largest absolute Gasteiger partial charge is 0.268 e. The van der Waals surface area contributed by atoms with Crippen molar-refractivity contribution in [2.45, 2.75) is 13.8 Å². The number of halogens is 1. The van der Waals surface area contributed by atoms with Crippen LogP contribution in [-0.4, -0.2) is 14.5 Å². The van der Waals surface area contributed by atoms with Gasteiger partial charge < -0.3 is 0 Å². The molecule has 0 aliphatic rings. The summed E-state index contributed by atoms with van der Waals surface area (Å²) in [4.78, 5) is 21.4. The lowest BCUT2D eigenvalue weighted by Gasteiger charge is -2.11. The summed E-state index contributed by atoms with van der Waals surface area (Å²) < 4.78 is 1.52. The highest BCUT2D eigenvalue weighted by molar-refractivity contribution is 6.31. The zero-order valence-corrected chi connectivity index (χ0v) is 11.8. The molecule has 0 spiro atoms. The van der Waals surface area contributed by atoms with E-state index in [2.05, 4.69) is 9.97 Å². The van der Waals surface area contributed by atoms with Crippen molar-refractivity contribution in [1.82, 2.24) is 14.5 Å². The number of aromatic nitrogens is 3. The van der Waals surface area contributed by atoms with Crippen molar-refractivity contribution in [3.63, 3.8) is 0 Å². The Balaban J connectivity index is 2.43. The summed E-state index contributed by atoms with van der Waals surface area (Å²) in [6.45, 7) is 3.71. The van der Waals surface area contributed by atoms with Crippen LogP contribution in [0.3, 0.4) is 0 Å². The molecular weight excluding hydrogens is 274 g/mol. The maximum Gasteiger partial charge on any atom is 0.267 e. The second kappa shape index (κ2) is 4.72. The van der Waals surface area contributed by atoms with E-state index in [0.717, 1.165) is 5.56 Å². The van der Waals surface area contributed by atoms with E-state index in [-0.39, 0.29) is 5.56 Å². The van der Waals surface area contributed by atoms with Gasteiger partial charge in [0.25, 0.3) is 5.56 Å². The molecule has 0 amide bonds. The molecule has 3 rings (SSSR count). The Labute approximate surface area is 120 Å². The fraction of sp³-hybridized carbons (Fsp3) is 0.133. The highest BCUT2D eigenvalue weighted by Crippen LogP contribution is 2.17. The van der Waals surface area contributed by atoms with E-state index >= 15 is 0 Å². The van der Waals surface area contributed by atoms with Gasteiger partial charge in [0.05, 0.1) is 10.9 Å². The summed E-state index contributed by atoms with van der Waals surface area (Å²) in [5.41, 5.74) is 1.40. The van der Waals surface area contributed by atoms with Crippen molar-refractivity contribution in [2.24, 2.45) is 0 Å². The van der Waals surface area contributed by atoms with Crippen LogP contribution in [0.4, 0.5) is 0 Å². The number of nitrogens with zero attached hydrogens (tertiary/aromatic N) is 3. The van der Waals surface area contributed by atoms with Crippen molar-refractivity contribution in [3.8, 4) is 5.82 Å². The lowest BCUT2D eigenvalue weighted by atomic mass is 10.2. The van der Waals surface area contributed by atoms with E-state index in [1.54, 1.807) is 31.3 Å². The highest BCUT2D eigenvalue weighted by atomic mass is 35.5. The van der Waals surface area contributed by atoms with Gasteiger partial charge >= 0.3 is 0 Å². The molecule has 0 unspecified atom stereocenters. The topological polar surface area (TPSA) is 47.8 Å². The van der Waals surface area contributed by atoms with Crippen molar-refractivity contribution in [2.75, 3.05) is 0 Å². The summed E-state index contributed by atoms with van der Waals surface area (Å²) >= 11 is 5.97. The normalized spacial score (nSPS) is 10.9. The quantitative estimate of drug-likeness (QED) is 0.690. The van der Waals surface area contributed by atoms with E-state index in [1.807, 2.05) is 19.1 Å². The number of aryl methyl sites for hydroxylation is 2. The molecule has 0 saturated carbocycles. The number of fused-ring (bicyclic) bond motifs is 1. The lowest BCUT2D eigenvalue weighted by Crippen LogP contribution is -2.23. The van der Waals surface area contributed by atoms with E-state index in [1.165, 1.54) is 4.57 Å². The van der Waals surface area contributed by atoms with E-state index in [0.29, 0.717) is 27.6 Å². The number of pyridine rings is 1. The first-order valence-corrected chi connectivity index (χ1v) is 6.56. The third-order valence-corrected chi connectivity index (χ3v) is 3.43. The van der Waals surface area contributed by atoms with E-state index < -0.39 is 0 Å². The van der Waals surface area contributed by atoms with E-state index in [9.17, 15) is 4.79 Å². The van der Waals surface area contributed by atoms with Gasteiger partial charge in [-0.1, -0.05) is 17.7 Å². The molecule has 0 radical (unpaired) electrons. The Kier molecular flexibility index (Phi) is 3.03. The van der Waals surface area contributed by atoms with Crippen molar-refractivity contribution >= 4 is 22.5 Å². The maximum atomic E-state index is 12.7. The third-order valence-electron chi connectivity index (χ3n) is 3.19. The molecule has 0 fully saturated rings. The first-order chi connectivity index (χ1) is 9.58. The molecule has 1 aromatic carbocycles. The summed E-state index contributed by atoms with van der Waals surface area (Å²) in [5.74, 6) is 1.20. The van der Waals surface area contributed by atoms with Crippen LogP contribution >= 0.6 is 11.6 Å².